The number of benzene rings is 1. The van der Waals surface area contributed by atoms with Crippen LogP contribution in [0.4, 0.5) is 10.5 Å². The molecule has 1 aromatic rings. The van der Waals surface area contributed by atoms with Crippen molar-refractivity contribution in [3.63, 3.8) is 0 Å². The molecular weight excluding hydrogens is 276 g/mol. The van der Waals surface area contributed by atoms with Crippen molar-refractivity contribution in [2.75, 3.05) is 11.9 Å². The van der Waals surface area contributed by atoms with E-state index in [1.807, 2.05) is 45.0 Å². The summed E-state index contributed by atoms with van der Waals surface area (Å²) in [5.74, 6) is 0. The number of carbonyl (C=O) groups is 1. The molecule has 0 bridgehead atoms. The van der Waals surface area contributed by atoms with Crippen molar-refractivity contribution in [2.45, 2.75) is 60.1 Å². The van der Waals surface area contributed by atoms with Crippen LogP contribution in [0.3, 0.4) is 0 Å². The molecule has 4 heteroatoms. The lowest BCUT2D eigenvalue weighted by molar-refractivity contribution is 0.0636. The minimum atomic E-state index is -0.485. The Balaban J connectivity index is 2.38. The van der Waals surface area contributed by atoms with E-state index in [-0.39, 0.29) is 0 Å². The molecule has 0 aromatic heterocycles. The van der Waals surface area contributed by atoms with Crippen LogP contribution < -0.4 is 10.6 Å². The van der Waals surface area contributed by atoms with Crippen LogP contribution in [0.2, 0.25) is 0 Å². The van der Waals surface area contributed by atoms with Crippen molar-refractivity contribution < 1.29 is 9.53 Å². The fourth-order valence-electron chi connectivity index (χ4n) is 1.82. The largest absolute Gasteiger partial charge is 0.444 e. The zero-order chi connectivity index (χ0) is 16.8. The van der Waals surface area contributed by atoms with Crippen LogP contribution in [0.1, 0.15) is 53.5 Å². The van der Waals surface area contributed by atoms with Crippen LogP contribution in [0.15, 0.2) is 24.3 Å². The smallest absolute Gasteiger partial charge is 0.412 e. The molecule has 0 aliphatic carbocycles. The number of amides is 1. The molecule has 0 radical (unpaired) electrons. The van der Waals surface area contributed by atoms with E-state index < -0.39 is 11.7 Å². The van der Waals surface area contributed by atoms with E-state index in [2.05, 4.69) is 31.4 Å². The first kappa shape index (κ1) is 18.5. The van der Waals surface area contributed by atoms with E-state index >= 15 is 0 Å². The Morgan fingerprint density at radius 1 is 1.05 bits per heavy atom. The number of hydrogen-bond donors (Lipinski definition) is 2. The zero-order valence-electron chi connectivity index (χ0n) is 14.7. The highest BCUT2D eigenvalue weighted by Crippen LogP contribution is 2.17. The van der Waals surface area contributed by atoms with Gasteiger partial charge >= 0.3 is 6.09 Å². The normalized spacial score (nSPS) is 12.1. The van der Waals surface area contributed by atoms with E-state index in [9.17, 15) is 4.79 Å². The Morgan fingerprint density at radius 3 is 2.14 bits per heavy atom. The van der Waals surface area contributed by atoms with Gasteiger partial charge in [0.25, 0.3) is 0 Å². The molecule has 0 saturated heterocycles. The van der Waals surface area contributed by atoms with Gasteiger partial charge in [-0.1, -0.05) is 32.9 Å². The molecule has 2 N–H and O–H groups in total. The summed E-state index contributed by atoms with van der Waals surface area (Å²) in [6, 6.07) is 7.81. The van der Waals surface area contributed by atoms with E-state index in [0.29, 0.717) is 5.41 Å². The molecule has 0 aliphatic rings. The molecule has 0 unspecified atom stereocenters. The van der Waals surface area contributed by atoms with Crippen molar-refractivity contribution in [3.8, 4) is 0 Å². The summed E-state index contributed by atoms with van der Waals surface area (Å²) in [4.78, 5) is 11.7. The highest BCUT2D eigenvalue weighted by atomic mass is 16.6. The van der Waals surface area contributed by atoms with Crippen LogP contribution in [0.5, 0.6) is 0 Å². The molecule has 1 rings (SSSR count). The van der Waals surface area contributed by atoms with Gasteiger partial charge in [0.2, 0.25) is 0 Å². The predicted molar refractivity (Wildman–Crippen MR) is 92.1 cm³/mol. The number of ether oxygens (including phenoxy) is 1. The molecule has 0 fully saturated rings. The predicted octanol–water partition coefficient (Wildman–Crippen LogP) is 4.56. The average molecular weight is 306 g/mol. The van der Waals surface area contributed by atoms with Crippen LogP contribution in [0, 0.1) is 5.41 Å². The Labute approximate surface area is 134 Å². The van der Waals surface area contributed by atoms with Crippen molar-refractivity contribution in [1.29, 1.82) is 0 Å². The molecule has 0 spiro atoms. The minimum absolute atomic E-state index is 0.355. The summed E-state index contributed by atoms with van der Waals surface area (Å²) in [6.07, 6.45) is 0.717. The third-order valence-electron chi connectivity index (χ3n) is 2.98. The van der Waals surface area contributed by atoms with Gasteiger partial charge in [-0.05, 0) is 56.8 Å². The van der Waals surface area contributed by atoms with Crippen LogP contribution in [0.25, 0.3) is 0 Å². The lowest BCUT2D eigenvalue weighted by Gasteiger charge is -2.19. The Morgan fingerprint density at radius 2 is 1.64 bits per heavy atom. The zero-order valence-corrected chi connectivity index (χ0v) is 14.7. The summed E-state index contributed by atoms with van der Waals surface area (Å²) < 4.78 is 5.22. The second-order valence-corrected chi connectivity index (χ2v) is 7.81. The first-order valence-corrected chi connectivity index (χ1v) is 7.85. The van der Waals surface area contributed by atoms with E-state index in [1.165, 1.54) is 5.56 Å². The second-order valence-electron chi connectivity index (χ2n) is 7.81. The number of carbonyl (C=O) groups excluding carboxylic acids is 1. The van der Waals surface area contributed by atoms with Crippen LogP contribution >= 0.6 is 0 Å². The highest BCUT2D eigenvalue weighted by molar-refractivity contribution is 5.84. The first-order valence-electron chi connectivity index (χ1n) is 7.85. The van der Waals surface area contributed by atoms with Gasteiger partial charge in [0.15, 0.2) is 0 Å². The van der Waals surface area contributed by atoms with E-state index in [0.717, 1.165) is 25.2 Å². The van der Waals surface area contributed by atoms with Crippen LogP contribution in [-0.2, 0) is 11.3 Å². The number of nitrogens with one attached hydrogen (secondary N) is 2. The molecule has 0 aliphatic heterocycles. The van der Waals surface area contributed by atoms with Gasteiger partial charge in [-0.3, -0.25) is 5.32 Å². The summed E-state index contributed by atoms with van der Waals surface area (Å²) in [6.45, 7) is 14.1. The first-order chi connectivity index (χ1) is 10.1. The molecule has 0 saturated carbocycles. The van der Waals surface area contributed by atoms with Gasteiger partial charge in [0.1, 0.15) is 5.60 Å². The Bertz CT molecular complexity index is 467. The minimum Gasteiger partial charge on any atom is -0.444 e. The van der Waals surface area contributed by atoms with Crippen molar-refractivity contribution in [2.24, 2.45) is 5.41 Å². The van der Waals surface area contributed by atoms with E-state index in [1.54, 1.807) is 0 Å². The molecular formula is C18H30N2O2. The van der Waals surface area contributed by atoms with Gasteiger partial charge in [-0.15, -0.1) is 0 Å². The van der Waals surface area contributed by atoms with Gasteiger partial charge in [-0.2, -0.15) is 0 Å². The molecule has 0 heterocycles. The van der Waals surface area contributed by atoms with Crippen molar-refractivity contribution in [1.82, 2.24) is 5.32 Å². The molecule has 124 valence electrons. The van der Waals surface area contributed by atoms with Gasteiger partial charge < -0.3 is 10.1 Å². The number of rotatable bonds is 5. The molecule has 0 atom stereocenters. The van der Waals surface area contributed by atoms with Crippen molar-refractivity contribution >= 4 is 11.8 Å². The maximum Gasteiger partial charge on any atom is 0.412 e. The third kappa shape index (κ3) is 8.67. The highest BCUT2D eigenvalue weighted by Gasteiger charge is 2.16. The fraction of sp³-hybridized carbons (Fsp3) is 0.611. The maximum absolute atomic E-state index is 11.7. The maximum atomic E-state index is 11.7. The van der Waals surface area contributed by atoms with Gasteiger partial charge in [0, 0.05) is 12.2 Å². The number of anilines is 1. The molecule has 4 nitrogen and oxygen atoms in total. The SMILES string of the molecule is CC(C)(C)CCNCc1ccc(NC(=O)OC(C)(C)C)cc1. The summed E-state index contributed by atoms with van der Waals surface area (Å²) in [5, 5.41) is 6.17. The second kappa shape index (κ2) is 7.63. The Kier molecular flexibility index (Phi) is 6.42. The quantitative estimate of drug-likeness (QED) is 0.784. The molecule has 1 aromatic carbocycles. The lowest BCUT2D eigenvalue weighted by atomic mass is 9.92. The molecule has 1 amide bonds. The Hall–Kier alpha value is -1.55. The van der Waals surface area contributed by atoms with Gasteiger partial charge in [0.05, 0.1) is 0 Å². The fourth-order valence-corrected chi connectivity index (χ4v) is 1.82. The average Bonchev–Trinajstić information content (AvgIpc) is 2.33. The summed E-state index contributed by atoms with van der Waals surface area (Å²) in [5.41, 5.74) is 1.81. The summed E-state index contributed by atoms with van der Waals surface area (Å²) in [7, 11) is 0. The lowest BCUT2D eigenvalue weighted by Crippen LogP contribution is -2.27. The van der Waals surface area contributed by atoms with E-state index in [4.69, 9.17) is 4.74 Å². The van der Waals surface area contributed by atoms with Crippen molar-refractivity contribution in [3.05, 3.63) is 29.8 Å². The topological polar surface area (TPSA) is 50.4 Å². The third-order valence-corrected chi connectivity index (χ3v) is 2.98. The van der Waals surface area contributed by atoms with Crippen LogP contribution in [-0.4, -0.2) is 18.2 Å². The summed E-state index contributed by atoms with van der Waals surface area (Å²) >= 11 is 0. The standard InChI is InChI=1S/C18H30N2O2/c1-17(2,3)11-12-19-13-14-7-9-15(10-8-14)20-16(21)22-18(4,5)6/h7-10,19H,11-13H2,1-6H3,(H,20,21). The molecule has 22 heavy (non-hydrogen) atoms. The number of hydrogen-bond acceptors (Lipinski definition) is 3. The van der Waals surface area contributed by atoms with Gasteiger partial charge in [-0.25, -0.2) is 4.79 Å². The monoisotopic (exact) mass is 306 g/mol.